The molecule has 0 aliphatic heterocycles. The number of carbonyl (C=O) groups is 3. The number of benzene rings is 2. The Morgan fingerprint density at radius 3 is 1.94 bits per heavy atom. The molecule has 2 aromatic carbocycles. The summed E-state index contributed by atoms with van der Waals surface area (Å²) in [4.78, 5) is 35.5. The van der Waals surface area contributed by atoms with Crippen molar-refractivity contribution in [3.05, 3.63) is 52.5 Å². The van der Waals surface area contributed by atoms with Gasteiger partial charge in [-0.15, -0.1) is 9.66 Å². The molecule has 0 saturated heterocycles. The van der Waals surface area contributed by atoms with Crippen molar-refractivity contribution in [3.63, 3.8) is 0 Å². The molecule has 0 spiro atoms. The molecule has 0 radical (unpaired) electrons. The van der Waals surface area contributed by atoms with E-state index in [0.29, 0.717) is 6.07 Å². The molecule has 0 heterocycles. The second-order valence-electron chi connectivity index (χ2n) is 5.89. The van der Waals surface area contributed by atoms with Gasteiger partial charge < -0.3 is 15.5 Å². The van der Waals surface area contributed by atoms with Crippen molar-refractivity contribution in [1.29, 1.82) is 0 Å². The smallest absolute Gasteiger partial charge is 0.337 e. The van der Waals surface area contributed by atoms with Crippen molar-refractivity contribution < 1.29 is 41.4 Å². The zero-order valence-electron chi connectivity index (χ0n) is 15.4. The quantitative estimate of drug-likeness (QED) is 0.332. The van der Waals surface area contributed by atoms with Crippen molar-refractivity contribution in [2.45, 2.75) is 16.7 Å². The Bertz CT molecular complexity index is 1290. The summed E-state index contributed by atoms with van der Waals surface area (Å²) >= 11 is 5.70. The van der Waals surface area contributed by atoms with Crippen LogP contribution in [0.25, 0.3) is 0 Å². The highest BCUT2D eigenvalue weighted by Gasteiger charge is 2.23. The fourth-order valence-corrected chi connectivity index (χ4v) is 4.73. The predicted molar refractivity (Wildman–Crippen MR) is 107 cm³/mol. The largest absolute Gasteiger partial charge is 0.478 e. The van der Waals surface area contributed by atoms with Crippen LogP contribution >= 0.6 is 11.6 Å². The van der Waals surface area contributed by atoms with E-state index in [2.05, 4.69) is 5.32 Å². The minimum atomic E-state index is -4.60. The van der Waals surface area contributed by atoms with Crippen LogP contribution in [0.1, 0.15) is 27.6 Å². The molecule has 0 fully saturated rings. The van der Waals surface area contributed by atoms with Gasteiger partial charge in [-0.05, 0) is 36.4 Å². The standard InChI is InChI=1S/C16H14ClN3O9S2/c1-8(21)18-14-3-2-11(7-13(14)16(24)25)30(26,27)19-20-31(28,29)12-5-9(15(22)23)4-10(17)6-12/h2-7,19-20H,1H3,(H,18,21)(H,22,23)(H,24,25). The van der Waals surface area contributed by atoms with E-state index in [1.165, 1.54) is 0 Å². The second kappa shape index (κ2) is 8.99. The number of hydrogen-bond acceptors (Lipinski definition) is 7. The van der Waals surface area contributed by atoms with E-state index < -0.39 is 58.8 Å². The van der Waals surface area contributed by atoms with Crippen molar-refractivity contribution in [1.82, 2.24) is 9.66 Å². The lowest BCUT2D eigenvalue weighted by molar-refractivity contribution is -0.114. The molecular formula is C16H14ClN3O9S2. The van der Waals surface area contributed by atoms with Crippen LogP contribution in [0.5, 0.6) is 0 Å². The molecule has 15 heteroatoms. The Labute approximate surface area is 180 Å². The molecule has 0 saturated carbocycles. The molecule has 0 bridgehead atoms. The lowest BCUT2D eigenvalue weighted by Gasteiger charge is -2.12. The maximum atomic E-state index is 12.4. The van der Waals surface area contributed by atoms with Gasteiger partial charge in [-0.3, -0.25) is 4.79 Å². The molecule has 1 amide bonds. The number of aromatic carboxylic acids is 2. The average Bonchev–Trinajstić information content (AvgIpc) is 2.65. The van der Waals surface area contributed by atoms with Gasteiger partial charge in [0.25, 0.3) is 20.0 Å². The Kier molecular flexibility index (Phi) is 7.03. The van der Waals surface area contributed by atoms with Crippen LogP contribution in [0.2, 0.25) is 5.02 Å². The maximum absolute atomic E-state index is 12.4. The zero-order chi connectivity index (χ0) is 23.6. The first kappa shape index (κ1) is 24.2. The van der Waals surface area contributed by atoms with Gasteiger partial charge in [0.15, 0.2) is 0 Å². The van der Waals surface area contributed by atoms with Crippen LogP contribution < -0.4 is 15.0 Å². The third-order valence-electron chi connectivity index (χ3n) is 3.58. The molecule has 166 valence electrons. The summed E-state index contributed by atoms with van der Waals surface area (Å²) in [5, 5.41) is 20.2. The van der Waals surface area contributed by atoms with Gasteiger partial charge in [0.2, 0.25) is 5.91 Å². The number of anilines is 1. The van der Waals surface area contributed by atoms with Crippen LogP contribution in [0.3, 0.4) is 0 Å². The Morgan fingerprint density at radius 2 is 1.42 bits per heavy atom. The van der Waals surface area contributed by atoms with Crippen LogP contribution in [0, 0.1) is 0 Å². The van der Waals surface area contributed by atoms with E-state index in [9.17, 15) is 36.3 Å². The summed E-state index contributed by atoms with van der Waals surface area (Å²) in [6.07, 6.45) is 0. The zero-order valence-corrected chi connectivity index (χ0v) is 17.8. The van der Waals surface area contributed by atoms with Gasteiger partial charge in [-0.2, -0.15) is 0 Å². The molecule has 0 aromatic heterocycles. The van der Waals surface area contributed by atoms with Gasteiger partial charge in [0, 0.05) is 11.9 Å². The maximum Gasteiger partial charge on any atom is 0.337 e. The number of nitrogens with one attached hydrogen (secondary N) is 3. The van der Waals surface area contributed by atoms with Crippen LogP contribution in [-0.4, -0.2) is 44.9 Å². The molecular weight excluding hydrogens is 478 g/mol. The summed E-state index contributed by atoms with van der Waals surface area (Å²) in [5.41, 5.74) is -1.17. The molecule has 0 atom stereocenters. The minimum Gasteiger partial charge on any atom is -0.478 e. The van der Waals surface area contributed by atoms with Crippen molar-refractivity contribution in [2.75, 3.05) is 5.32 Å². The summed E-state index contributed by atoms with van der Waals surface area (Å²) in [6.45, 7) is 1.12. The number of halogens is 1. The number of carbonyl (C=O) groups excluding carboxylic acids is 1. The second-order valence-corrected chi connectivity index (χ2v) is 9.69. The van der Waals surface area contributed by atoms with Crippen LogP contribution in [0.4, 0.5) is 5.69 Å². The van der Waals surface area contributed by atoms with E-state index in [-0.39, 0.29) is 10.7 Å². The molecule has 0 unspecified atom stereocenters. The molecule has 31 heavy (non-hydrogen) atoms. The van der Waals surface area contributed by atoms with Crippen molar-refractivity contribution in [3.8, 4) is 0 Å². The van der Waals surface area contributed by atoms with Crippen LogP contribution in [-0.2, 0) is 24.8 Å². The highest BCUT2D eigenvalue weighted by Crippen LogP contribution is 2.22. The summed E-state index contributed by atoms with van der Waals surface area (Å²) in [6, 6.07) is 5.33. The Balaban J connectivity index is 2.35. The molecule has 5 N–H and O–H groups in total. The van der Waals surface area contributed by atoms with Crippen LogP contribution in [0.15, 0.2) is 46.2 Å². The highest BCUT2D eigenvalue weighted by atomic mass is 35.5. The Hall–Kier alpha value is -3.04. The van der Waals surface area contributed by atoms with E-state index >= 15 is 0 Å². The van der Waals surface area contributed by atoms with E-state index in [4.69, 9.17) is 16.7 Å². The van der Waals surface area contributed by atoms with Crippen molar-refractivity contribution in [2.24, 2.45) is 0 Å². The Morgan fingerprint density at radius 1 is 0.839 bits per heavy atom. The topological polar surface area (TPSA) is 196 Å². The molecule has 0 aliphatic rings. The van der Waals surface area contributed by atoms with Gasteiger partial charge in [0.1, 0.15) is 0 Å². The first-order valence-electron chi connectivity index (χ1n) is 7.95. The van der Waals surface area contributed by atoms with Gasteiger partial charge in [-0.1, -0.05) is 11.6 Å². The number of hydrogen-bond donors (Lipinski definition) is 5. The summed E-state index contributed by atoms with van der Waals surface area (Å²) < 4.78 is 49.6. The van der Waals surface area contributed by atoms with Crippen molar-refractivity contribution >= 4 is 55.2 Å². The normalized spacial score (nSPS) is 11.7. The first-order valence-corrected chi connectivity index (χ1v) is 11.3. The summed E-state index contributed by atoms with van der Waals surface area (Å²) in [5.74, 6) is -3.59. The fourth-order valence-electron chi connectivity index (χ4n) is 2.24. The average molecular weight is 492 g/mol. The molecule has 2 aromatic rings. The molecule has 2 rings (SSSR count). The predicted octanol–water partition coefficient (Wildman–Crippen LogP) is 0.867. The minimum absolute atomic E-state index is 0.167. The number of rotatable bonds is 8. The first-order chi connectivity index (χ1) is 14.2. The summed E-state index contributed by atoms with van der Waals surface area (Å²) in [7, 11) is -9.20. The number of carboxylic acid groups (broad SMARTS) is 2. The lowest BCUT2D eigenvalue weighted by atomic mass is 10.2. The van der Waals surface area contributed by atoms with E-state index in [0.717, 1.165) is 37.3 Å². The third-order valence-corrected chi connectivity index (χ3v) is 6.40. The van der Waals surface area contributed by atoms with Gasteiger partial charge >= 0.3 is 11.9 Å². The number of hydrazine groups is 1. The monoisotopic (exact) mass is 491 g/mol. The van der Waals surface area contributed by atoms with Gasteiger partial charge in [-0.25, -0.2) is 26.4 Å². The molecule has 12 nitrogen and oxygen atoms in total. The van der Waals surface area contributed by atoms with Gasteiger partial charge in [0.05, 0.1) is 26.6 Å². The van der Waals surface area contributed by atoms with E-state index in [1.807, 2.05) is 0 Å². The lowest BCUT2D eigenvalue weighted by Crippen LogP contribution is -2.41. The highest BCUT2D eigenvalue weighted by molar-refractivity contribution is 7.92. The number of amides is 1. The molecule has 0 aliphatic carbocycles. The SMILES string of the molecule is CC(=O)Nc1ccc(S(=O)(=O)NNS(=O)(=O)c2cc(Cl)cc(C(=O)O)c2)cc1C(=O)O. The number of carboxylic acids is 2. The third kappa shape index (κ3) is 5.99. The number of sulfonamides is 2. The van der Waals surface area contributed by atoms with E-state index in [1.54, 1.807) is 9.66 Å². The fraction of sp³-hybridized carbons (Fsp3) is 0.0625.